The predicted octanol–water partition coefficient (Wildman–Crippen LogP) is 1.47. The fourth-order valence-corrected chi connectivity index (χ4v) is 1.29. The van der Waals surface area contributed by atoms with E-state index in [1.54, 1.807) is 12.1 Å². The third-order valence-electron chi connectivity index (χ3n) is 2.05. The van der Waals surface area contributed by atoms with E-state index >= 15 is 0 Å². The molecule has 0 aliphatic carbocycles. The van der Waals surface area contributed by atoms with Crippen molar-refractivity contribution in [2.24, 2.45) is 5.73 Å². The number of anilines is 1. The van der Waals surface area contributed by atoms with Gasteiger partial charge in [0.05, 0.1) is 0 Å². The fraction of sp³-hybridized carbons (Fsp3) is 0.300. The second kappa shape index (κ2) is 5.00. The van der Waals surface area contributed by atoms with Crippen LogP contribution in [-0.4, -0.2) is 23.7 Å². The van der Waals surface area contributed by atoms with Gasteiger partial charge in [-0.15, -0.1) is 0 Å². The highest BCUT2D eigenvalue weighted by Crippen LogP contribution is 2.20. The average Bonchev–Trinajstić information content (AvgIpc) is 2.19. The highest BCUT2D eigenvalue weighted by atomic mass is 35.5. The molecule has 0 bridgehead atoms. The van der Waals surface area contributed by atoms with Crippen LogP contribution in [0.25, 0.3) is 0 Å². The summed E-state index contributed by atoms with van der Waals surface area (Å²) < 4.78 is 0. The smallest absolute Gasteiger partial charge is 0.327 e. The molecule has 0 heterocycles. The SMILES string of the molecule is Cc1ccc(NC(CN)C(=O)O)cc1Cl. The molecule has 0 saturated carbocycles. The molecule has 0 aromatic heterocycles. The average molecular weight is 229 g/mol. The molecule has 1 unspecified atom stereocenters. The number of carbonyl (C=O) groups is 1. The number of nitrogens with two attached hydrogens (primary N) is 1. The van der Waals surface area contributed by atoms with Crippen LogP contribution < -0.4 is 11.1 Å². The van der Waals surface area contributed by atoms with Crippen LogP contribution >= 0.6 is 11.6 Å². The van der Waals surface area contributed by atoms with Crippen molar-refractivity contribution in [2.75, 3.05) is 11.9 Å². The third kappa shape index (κ3) is 3.11. The van der Waals surface area contributed by atoms with E-state index in [4.69, 9.17) is 22.4 Å². The van der Waals surface area contributed by atoms with Crippen molar-refractivity contribution >= 4 is 23.3 Å². The Labute approximate surface area is 93.0 Å². The molecule has 0 saturated heterocycles. The lowest BCUT2D eigenvalue weighted by Gasteiger charge is -2.14. The van der Waals surface area contributed by atoms with Crippen molar-refractivity contribution in [1.82, 2.24) is 0 Å². The fourth-order valence-electron chi connectivity index (χ4n) is 1.11. The second-order valence-electron chi connectivity index (χ2n) is 3.23. The lowest BCUT2D eigenvalue weighted by molar-refractivity contribution is -0.137. The lowest BCUT2D eigenvalue weighted by atomic mass is 10.2. The van der Waals surface area contributed by atoms with Gasteiger partial charge in [0.1, 0.15) is 6.04 Å². The molecule has 0 aliphatic rings. The summed E-state index contributed by atoms with van der Waals surface area (Å²) in [5.41, 5.74) is 6.92. The molecule has 1 atom stereocenters. The standard InChI is InChI=1S/C10H13ClN2O2/c1-6-2-3-7(4-8(6)11)13-9(5-12)10(14)15/h2-4,9,13H,5,12H2,1H3,(H,14,15). The molecular weight excluding hydrogens is 216 g/mol. The number of benzene rings is 1. The first-order valence-corrected chi connectivity index (χ1v) is 4.88. The van der Waals surface area contributed by atoms with Gasteiger partial charge in [0.25, 0.3) is 0 Å². The summed E-state index contributed by atoms with van der Waals surface area (Å²) in [5, 5.41) is 12.2. The van der Waals surface area contributed by atoms with Gasteiger partial charge in [0.2, 0.25) is 0 Å². The number of halogens is 1. The van der Waals surface area contributed by atoms with Crippen molar-refractivity contribution in [3.05, 3.63) is 28.8 Å². The molecule has 0 amide bonds. The quantitative estimate of drug-likeness (QED) is 0.730. The summed E-state index contributed by atoms with van der Waals surface area (Å²) in [6.45, 7) is 1.91. The van der Waals surface area contributed by atoms with Gasteiger partial charge < -0.3 is 16.2 Å². The number of carboxylic acids is 1. The highest BCUT2D eigenvalue weighted by Gasteiger charge is 2.14. The van der Waals surface area contributed by atoms with Gasteiger partial charge in [0.15, 0.2) is 0 Å². The molecule has 1 rings (SSSR count). The number of hydrogen-bond donors (Lipinski definition) is 3. The van der Waals surface area contributed by atoms with Crippen LogP contribution in [0, 0.1) is 6.92 Å². The van der Waals surface area contributed by atoms with Crippen LogP contribution in [0.15, 0.2) is 18.2 Å². The Morgan fingerprint density at radius 3 is 2.80 bits per heavy atom. The Hall–Kier alpha value is -1.26. The highest BCUT2D eigenvalue weighted by molar-refractivity contribution is 6.31. The number of hydrogen-bond acceptors (Lipinski definition) is 3. The van der Waals surface area contributed by atoms with Crippen LogP contribution in [0.1, 0.15) is 5.56 Å². The Kier molecular flexibility index (Phi) is 3.94. The van der Waals surface area contributed by atoms with Gasteiger partial charge in [-0.1, -0.05) is 17.7 Å². The molecule has 5 heteroatoms. The first-order valence-electron chi connectivity index (χ1n) is 4.50. The number of rotatable bonds is 4. The molecule has 4 N–H and O–H groups in total. The molecule has 0 radical (unpaired) electrons. The van der Waals surface area contributed by atoms with Crippen molar-refractivity contribution in [3.63, 3.8) is 0 Å². The first-order chi connectivity index (χ1) is 7.04. The van der Waals surface area contributed by atoms with Crippen LogP contribution in [0.3, 0.4) is 0 Å². The van der Waals surface area contributed by atoms with Gasteiger partial charge in [-0.2, -0.15) is 0 Å². The van der Waals surface area contributed by atoms with E-state index in [1.807, 2.05) is 13.0 Å². The molecular formula is C10H13ClN2O2. The Morgan fingerprint density at radius 1 is 1.67 bits per heavy atom. The van der Waals surface area contributed by atoms with E-state index in [-0.39, 0.29) is 6.54 Å². The minimum atomic E-state index is -0.978. The Morgan fingerprint density at radius 2 is 2.33 bits per heavy atom. The lowest BCUT2D eigenvalue weighted by Crippen LogP contribution is -2.36. The summed E-state index contributed by atoms with van der Waals surface area (Å²) in [7, 11) is 0. The Balaban J connectivity index is 2.80. The molecule has 1 aromatic rings. The molecule has 1 aromatic carbocycles. The zero-order valence-electron chi connectivity index (χ0n) is 8.33. The van der Waals surface area contributed by atoms with Gasteiger partial charge in [0, 0.05) is 17.3 Å². The van der Waals surface area contributed by atoms with Crippen molar-refractivity contribution in [1.29, 1.82) is 0 Å². The largest absolute Gasteiger partial charge is 0.480 e. The van der Waals surface area contributed by atoms with E-state index in [9.17, 15) is 4.79 Å². The number of aryl methyl sites for hydroxylation is 1. The van der Waals surface area contributed by atoms with Crippen LogP contribution in [0.5, 0.6) is 0 Å². The Bertz CT molecular complexity index is 368. The summed E-state index contributed by atoms with van der Waals surface area (Å²) in [6.07, 6.45) is 0. The van der Waals surface area contributed by atoms with E-state index < -0.39 is 12.0 Å². The summed E-state index contributed by atoms with van der Waals surface area (Å²) >= 11 is 5.90. The van der Waals surface area contributed by atoms with Crippen molar-refractivity contribution in [3.8, 4) is 0 Å². The van der Waals surface area contributed by atoms with Crippen LogP contribution in [-0.2, 0) is 4.79 Å². The third-order valence-corrected chi connectivity index (χ3v) is 2.45. The normalized spacial score (nSPS) is 12.2. The summed E-state index contributed by atoms with van der Waals surface area (Å²) in [6, 6.07) is 4.49. The van der Waals surface area contributed by atoms with Crippen molar-refractivity contribution < 1.29 is 9.90 Å². The number of nitrogens with one attached hydrogen (secondary N) is 1. The van der Waals surface area contributed by atoms with Crippen LogP contribution in [0.4, 0.5) is 5.69 Å². The van der Waals surface area contributed by atoms with E-state index in [1.165, 1.54) is 0 Å². The maximum absolute atomic E-state index is 10.7. The van der Waals surface area contributed by atoms with Gasteiger partial charge in [-0.3, -0.25) is 0 Å². The molecule has 82 valence electrons. The molecule has 0 aliphatic heterocycles. The van der Waals surface area contributed by atoms with E-state index in [0.717, 1.165) is 5.56 Å². The maximum atomic E-state index is 10.7. The molecule has 15 heavy (non-hydrogen) atoms. The number of aliphatic carboxylic acids is 1. The first kappa shape index (κ1) is 11.8. The van der Waals surface area contributed by atoms with Gasteiger partial charge in [-0.25, -0.2) is 4.79 Å². The maximum Gasteiger partial charge on any atom is 0.327 e. The second-order valence-corrected chi connectivity index (χ2v) is 3.64. The molecule has 4 nitrogen and oxygen atoms in total. The monoisotopic (exact) mass is 228 g/mol. The van der Waals surface area contributed by atoms with Crippen LogP contribution in [0.2, 0.25) is 5.02 Å². The molecule has 0 spiro atoms. The zero-order chi connectivity index (χ0) is 11.4. The van der Waals surface area contributed by atoms with Gasteiger partial charge in [-0.05, 0) is 24.6 Å². The number of carboxylic acid groups (broad SMARTS) is 1. The topological polar surface area (TPSA) is 75.3 Å². The summed E-state index contributed by atoms with van der Waals surface area (Å²) in [4.78, 5) is 10.7. The van der Waals surface area contributed by atoms with Crippen molar-refractivity contribution in [2.45, 2.75) is 13.0 Å². The zero-order valence-corrected chi connectivity index (χ0v) is 9.08. The predicted molar refractivity (Wildman–Crippen MR) is 60.3 cm³/mol. The summed E-state index contributed by atoms with van der Waals surface area (Å²) in [5.74, 6) is -0.978. The van der Waals surface area contributed by atoms with E-state index in [0.29, 0.717) is 10.7 Å². The minimum Gasteiger partial charge on any atom is -0.480 e. The van der Waals surface area contributed by atoms with E-state index in [2.05, 4.69) is 5.32 Å². The minimum absolute atomic E-state index is 0.0286. The van der Waals surface area contributed by atoms with Gasteiger partial charge >= 0.3 is 5.97 Å². The molecule has 0 fully saturated rings.